The van der Waals surface area contributed by atoms with Crippen LogP contribution in [-0.2, 0) is 19.2 Å². The second-order valence-electron chi connectivity index (χ2n) is 11.8. The highest BCUT2D eigenvalue weighted by Crippen LogP contribution is 2.24. The predicted octanol–water partition coefficient (Wildman–Crippen LogP) is 3.29. The Labute approximate surface area is 229 Å². The fraction of sp³-hybridized carbons (Fsp3) is 0.793. The van der Waals surface area contributed by atoms with E-state index in [1.165, 1.54) is 4.90 Å². The lowest BCUT2D eigenvalue weighted by Crippen LogP contribution is -2.59. The van der Waals surface area contributed by atoms with Crippen molar-refractivity contribution >= 4 is 23.7 Å². The molecule has 0 bridgehead atoms. The molecule has 2 unspecified atom stereocenters. The zero-order valence-corrected chi connectivity index (χ0v) is 24.7. The summed E-state index contributed by atoms with van der Waals surface area (Å²) in [6.45, 7) is 15.1. The van der Waals surface area contributed by atoms with E-state index >= 15 is 0 Å². The summed E-state index contributed by atoms with van der Waals surface area (Å²) in [5.74, 6) is -1.70. The van der Waals surface area contributed by atoms with Crippen molar-refractivity contribution in [3.8, 4) is 0 Å². The van der Waals surface area contributed by atoms with Gasteiger partial charge in [0.2, 0.25) is 17.7 Å². The van der Waals surface area contributed by atoms with E-state index in [9.17, 15) is 24.3 Å². The van der Waals surface area contributed by atoms with E-state index in [2.05, 4.69) is 24.1 Å². The summed E-state index contributed by atoms with van der Waals surface area (Å²) in [4.78, 5) is 57.2. The van der Waals surface area contributed by atoms with Crippen molar-refractivity contribution in [3.63, 3.8) is 0 Å². The molecule has 2 aliphatic heterocycles. The zero-order valence-electron chi connectivity index (χ0n) is 24.7. The molecule has 38 heavy (non-hydrogen) atoms. The molecule has 2 rings (SSSR count). The maximum atomic E-state index is 13.8. The minimum atomic E-state index is -0.989. The summed E-state index contributed by atoms with van der Waals surface area (Å²) < 4.78 is 0. The number of amides is 3. The van der Waals surface area contributed by atoms with Gasteiger partial charge in [0.1, 0.15) is 12.1 Å². The molecule has 0 saturated carbocycles. The Hall–Kier alpha value is -2.42. The van der Waals surface area contributed by atoms with Gasteiger partial charge in [-0.25, -0.2) is 4.79 Å². The summed E-state index contributed by atoms with van der Waals surface area (Å²) in [7, 11) is 1.71. The summed E-state index contributed by atoms with van der Waals surface area (Å²) in [6.07, 6.45) is 6.71. The van der Waals surface area contributed by atoms with Gasteiger partial charge in [-0.15, -0.1) is 0 Å². The Morgan fingerprint density at radius 1 is 0.974 bits per heavy atom. The first-order chi connectivity index (χ1) is 17.8. The molecule has 2 heterocycles. The quantitative estimate of drug-likeness (QED) is 0.394. The van der Waals surface area contributed by atoms with Crippen LogP contribution < -0.4 is 5.32 Å². The molecule has 2 fully saturated rings. The summed E-state index contributed by atoms with van der Waals surface area (Å²) in [5.41, 5.74) is 0.424. The third-order valence-corrected chi connectivity index (χ3v) is 8.27. The van der Waals surface area contributed by atoms with Gasteiger partial charge in [-0.05, 0) is 64.3 Å². The molecule has 0 aromatic rings. The number of hydrogen-bond acceptors (Lipinski definition) is 5. The number of rotatable bonds is 11. The van der Waals surface area contributed by atoms with E-state index in [4.69, 9.17) is 0 Å². The third-order valence-electron chi connectivity index (χ3n) is 8.27. The van der Waals surface area contributed by atoms with Crippen LogP contribution >= 0.6 is 0 Å². The number of nitrogens with one attached hydrogen (secondary N) is 1. The average molecular weight is 535 g/mol. The van der Waals surface area contributed by atoms with Crippen LogP contribution in [0.1, 0.15) is 87.0 Å². The smallest absolute Gasteiger partial charge is 0.326 e. The first kappa shape index (κ1) is 31.8. The predicted molar refractivity (Wildman–Crippen MR) is 148 cm³/mol. The summed E-state index contributed by atoms with van der Waals surface area (Å²) in [6, 6.07) is -1.82. The zero-order chi connectivity index (χ0) is 28.7. The molecule has 3 amide bonds. The number of carboxylic acid groups (broad SMARTS) is 1. The van der Waals surface area contributed by atoms with Gasteiger partial charge in [0, 0.05) is 25.2 Å². The van der Waals surface area contributed by atoms with E-state index in [1.54, 1.807) is 24.9 Å². The molecule has 9 heteroatoms. The van der Waals surface area contributed by atoms with Gasteiger partial charge < -0.3 is 20.2 Å². The molecule has 2 saturated heterocycles. The molecular weight excluding hydrogens is 484 g/mol. The Bertz CT molecular complexity index is 886. The second kappa shape index (κ2) is 14.1. The Balaban J connectivity index is 2.22. The standard InChI is InChI=1S/C29H50N4O5/c1-9-21(7)32-15-11-10-13-22(32)26(34)30-25(19(4)5)28(36)31(8)24(18(2)3)17-20(6)27(35)33-16-12-14-23(33)29(37)38/h17-19,21-25H,9-16H2,1-8H3,(H,30,34)(H,37,38)/t21?,22?,23-,24+,25-/m0/s1. The van der Waals surface area contributed by atoms with Crippen LogP contribution in [0.15, 0.2) is 11.6 Å². The third kappa shape index (κ3) is 7.58. The first-order valence-corrected chi connectivity index (χ1v) is 14.4. The SMILES string of the molecule is CCC(C)N1CCCCC1C(=O)N[C@H](C(=O)N(C)[C@H](C=C(C)C(=O)N1CCC[C@H]1C(=O)O)C(C)C)C(C)C. The molecule has 216 valence electrons. The summed E-state index contributed by atoms with van der Waals surface area (Å²) in [5, 5.41) is 12.6. The van der Waals surface area contributed by atoms with Gasteiger partial charge in [-0.1, -0.05) is 47.1 Å². The lowest BCUT2D eigenvalue weighted by Gasteiger charge is -2.40. The van der Waals surface area contributed by atoms with Crippen molar-refractivity contribution in [3.05, 3.63) is 11.6 Å². The number of likely N-dealkylation sites (N-methyl/N-ethyl adjacent to an activating group) is 1. The van der Waals surface area contributed by atoms with Crippen molar-refractivity contribution in [2.24, 2.45) is 11.8 Å². The monoisotopic (exact) mass is 534 g/mol. The largest absolute Gasteiger partial charge is 0.480 e. The van der Waals surface area contributed by atoms with Crippen LogP contribution in [0, 0.1) is 11.8 Å². The first-order valence-electron chi connectivity index (χ1n) is 14.4. The van der Waals surface area contributed by atoms with E-state index in [0.717, 1.165) is 32.2 Å². The van der Waals surface area contributed by atoms with Gasteiger partial charge in [-0.3, -0.25) is 19.3 Å². The lowest BCUT2D eigenvalue weighted by atomic mass is 9.95. The van der Waals surface area contributed by atoms with E-state index < -0.39 is 18.1 Å². The lowest BCUT2D eigenvalue weighted by molar-refractivity contribution is -0.146. The highest BCUT2D eigenvalue weighted by molar-refractivity contribution is 5.96. The van der Waals surface area contributed by atoms with Gasteiger partial charge in [0.25, 0.3) is 0 Å². The van der Waals surface area contributed by atoms with Crippen molar-refractivity contribution in [2.45, 2.75) is 117 Å². The Kier molecular flexibility index (Phi) is 11.8. The normalized spacial score (nSPS) is 23.3. The molecule has 0 aliphatic carbocycles. The number of carboxylic acids is 1. The number of piperidine rings is 1. The molecule has 9 nitrogen and oxygen atoms in total. The molecule has 2 N–H and O–H groups in total. The summed E-state index contributed by atoms with van der Waals surface area (Å²) >= 11 is 0. The van der Waals surface area contributed by atoms with Gasteiger partial charge in [0.15, 0.2) is 0 Å². The maximum absolute atomic E-state index is 13.8. The fourth-order valence-electron chi connectivity index (χ4n) is 5.70. The van der Waals surface area contributed by atoms with Crippen molar-refractivity contribution in [1.29, 1.82) is 0 Å². The van der Waals surface area contributed by atoms with Crippen molar-refractivity contribution in [1.82, 2.24) is 20.0 Å². The molecule has 0 aromatic carbocycles. The minimum absolute atomic E-state index is 0.00306. The fourth-order valence-corrected chi connectivity index (χ4v) is 5.70. The second-order valence-corrected chi connectivity index (χ2v) is 11.8. The molecule has 5 atom stereocenters. The minimum Gasteiger partial charge on any atom is -0.480 e. The molecule has 2 aliphatic rings. The topological polar surface area (TPSA) is 110 Å². The molecule has 0 aromatic heterocycles. The molecular formula is C29H50N4O5. The van der Waals surface area contributed by atoms with Crippen LogP contribution in [-0.4, -0.2) is 93.8 Å². The Morgan fingerprint density at radius 2 is 1.61 bits per heavy atom. The van der Waals surface area contributed by atoms with Gasteiger partial charge in [-0.2, -0.15) is 0 Å². The van der Waals surface area contributed by atoms with Gasteiger partial charge >= 0.3 is 5.97 Å². The highest BCUT2D eigenvalue weighted by Gasteiger charge is 2.37. The van der Waals surface area contributed by atoms with Crippen molar-refractivity contribution < 1.29 is 24.3 Å². The number of hydrogen-bond donors (Lipinski definition) is 2. The van der Waals surface area contributed by atoms with Crippen LogP contribution in [0.3, 0.4) is 0 Å². The molecule has 0 radical (unpaired) electrons. The van der Waals surface area contributed by atoms with Crippen LogP contribution in [0.2, 0.25) is 0 Å². The van der Waals surface area contributed by atoms with Crippen molar-refractivity contribution in [2.75, 3.05) is 20.1 Å². The Morgan fingerprint density at radius 3 is 2.16 bits per heavy atom. The number of aliphatic carboxylic acids is 1. The number of carbonyl (C=O) groups excluding carboxylic acids is 3. The number of carbonyl (C=O) groups is 4. The number of likely N-dealkylation sites (tertiary alicyclic amines) is 2. The van der Waals surface area contributed by atoms with Gasteiger partial charge in [0.05, 0.1) is 12.1 Å². The van der Waals surface area contributed by atoms with Crippen LogP contribution in [0.25, 0.3) is 0 Å². The van der Waals surface area contributed by atoms with E-state index in [0.29, 0.717) is 31.0 Å². The van der Waals surface area contributed by atoms with Crippen LogP contribution in [0.5, 0.6) is 0 Å². The van der Waals surface area contributed by atoms with Crippen LogP contribution in [0.4, 0.5) is 0 Å². The maximum Gasteiger partial charge on any atom is 0.326 e. The number of nitrogens with zero attached hydrogens (tertiary/aromatic N) is 3. The highest BCUT2D eigenvalue weighted by atomic mass is 16.4. The van der Waals surface area contributed by atoms with E-state index in [-0.39, 0.29) is 41.6 Å². The van der Waals surface area contributed by atoms with E-state index in [1.807, 2.05) is 27.7 Å². The average Bonchev–Trinajstić information content (AvgIpc) is 3.38. The molecule has 0 spiro atoms.